The maximum Gasteiger partial charge on any atom is 0.387 e. The lowest BCUT2D eigenvalue weighted by Gasteiger charge is -2.25. The monoisotopic (exact) mass is 507 g/mol. The van der Waals surface area contributed by atoms with Gasteiger partial charge in [-0.15, -0.1) is 0 Å². The standard InChI is InChI=1S/C20H17Cl2F2NO6S/c21-13-9-25-10-14(22)12(13)8-15(26)11-2-3-16(29-19(23)24)18-17(11)30-20(31-18)4-1-6-32(27,28)7-5-20/h2-3,9-10,19H,1,4-8H2. The number of benzene rings is 1. The molecule has 0 bridgehead atoms. The molecule has 2 aliphatic rings. The first-order chi connectivity index (χ1) is 15.1. The molecule has 0 saturated carbocycles. The van der Waals surface area contributed by atoms with E-state index in [1.54, 1.807) is 0 Å². The summed E-state index contributed by atoms with van der Waals surface area (Å²) in [6.45, 7) is -3.13. The third-order valence-electron chi connectivity index (χ3n) is 5.27. The molecule has 1 atom stereocenters. The van der Waals surface area contributed by atoms with Gasteiger partial charge in [0.25, 0.3) is 5.79 Å². The van der Waals surface area contributed by atoms with Crippen LogP contribution in [0.15, 0.2) is 24.5 Å². The summed E-state index contributed by atoms with van der Waals surface area (Å²) in [6.07, 6.45) is 2.93. The molecule has 1 spiro atoms. The summed E-state index contributed by atoms with van der Waals surface area (Å²) in [5.41, 5.74) is 0.402. The number of nitrogens with zero attached hydrogens (tertiary/aromatic N) is 1. The van der Waals surface area contributed by atoms with Crippen molar-refractivity contribution in [1.82, 2.24) is 4.98 Å². The van der Waals surface area contributed by atoms with Crippen molar-refractivity contribution in [1.29, 1.82) is 0 Å². The van der Waals surface area contributed by atoms with Gasteiger partial charge in [-0.3, -0.25) is 9.78 Å². The van der Waals surface area contributed by atoms with E-state index in [1.807, 2.05) is 0 Å². The van der Waals surface area contributed by atoms with E-state index in [4.69, 9.17) is 32.7 Å². The van der Waals surface area contributed by atoms with Crippen LogP contribution in [0.1, 0.15) is 35.2 Å². The van der Waals surface area contributed by atoms with Gasteiger partial charge in [-0.25, -0.2) is 8.42 Å². The quantitative estimate of drug-likeness (QED) is 0.550. The minimum atomic E-state index is -3.29. The number of fused-ring (bicyclic) bond motifs is 1. The van der Waals surface area contributed by atoms with E-state index in [0.29, 0.717) is 5.56 Å². The number of rotatable bonds is 5. The number of Topliss-reactive ketones (excluding diaryl/α,β-unsaturated/α-hetero) is 1. The first-order valence-corrected chi connectivity index (χ1v) is 12.2. The number of ketones is 1. The average Bonchev–Trinajstić information content (AvgIpc) is 3.02. The van der Waals surface area contributed by atoms with E-state index in [1.165, 1.54) is 24.5 Å². The number of carbonyl (C=O) groups excluding carboxylic acids is 1. The molecular weight excluding hydrogens is 491 g/mol. The van der Waals surface area contributed by atoms with Crippen molar-refractivity contribution in [2.24, 2.45) is 0 Å². The molecule has 12 heteroatoms. The van der Waals surface area contributed by atoms with E-state index >= 15 is 0 Å². The van der Waals surface area contributed by atoms with Gasteiger partial charge in [0.2, 0.25) is 5.75 Å². The Labute approximate surface area is 192 Å². The van der Waals surface area contributed by atoms with Crippen molar-refractivity contribution < 1.29 is 36.2 Å². The summed E-state index contributed by atoms with van der Waals surface area (Å²) in [5, 5.41) is 0.394. The van der Waals surface area contributed by atoms with Crippen LogP contribution < -0.4 is 14.2 Å². The molecule has 7 nitrogen and oxygen atoms in total. The molecule has 0 N–H and O–H groups in total. The van der Waals surface area contributed by atoms with Crippen LogP contribution in [-0.2, 0) is 16.3 Å². The minimum absolute atomic E-state index is 0.0201. The summed E-state index contributed by atoms with van der Waals surface area (Å²) >= 11 is 12.2. The molecule has 1 fully saturated rings. The molecule has 1 unspecified atom stereocenters. The molecule has 1 aromatic carbocycles. The molecule has 3 heterocycles. The number of hydrogen-bond donors (Lipinski definition) is 0. The molecule has 1 aromatic heterocycles. The molecule has 4 rings (SSSR count). The Morgan fingerprint density at radius 1 is 1.12 bits per heavy atom. The first kappa shape index (κ1) is 23.0. The van der Waals surface area contributed by atoms with E-state index < -0.39 is 28.0 Å². The predicted octanol–water partition coefficient (Wildman–Crippen LogP) is 4.48. The fraction of sp³-hybridized carbons (Fsp3) is 0.400. The van der Waals surface area contributed by atoms with Crippen LogP contribution in [-0.4, -0.2) is 43.1 Å². The first-order valence-electron chi connectivity index (χ1n) is 9.60. The fourth-order valence-corrected chi connectivity index (χ4v) is 5.62. The molecular formula is C20H17Cl2F2NO6S. The number of alkyl halides is 2. The fourth-order valence-electron chi connectivity index (χ4n) is 3.71. The molecule has 0 radical (unpaired) electrons. The van der Waals surface area contributed by atoms with Crippen LogP contribution in [0.2, 0.25) is 10.0 Å². The van der Waals surface area contributed by atoms with E-state index in [0.717, 1.165) is 0 Å². The minimum Gasteiger partial charge on any atom is -0.447 e. The van der Waals surface area contributed by atoms with E-state index in [2.05, 4.69) is 9.72 Å². The topological polar surface area (TPSA) is 91.8 Å². The zero-order valence-corrected chi connectivity index (χ0v) is 18.8. The molecule has 2 aliphatic heterocycles. The molecule has 1 saturated heterocycles. The van der Waals surface area contributed by atoms with Crippen LogP contribution in [0.3, 0.4) is 0 Å². The Balaban J connectivity index is 1.71. The Morgan fingerprint density at radius 2 is 1.81 bits per heavy atom. The highest BCUT2D eigenvalue weighted by molar-refractivity contribution is 7.91. The molecule has 0 aliphatic carbocycles. The van der Waals surface area contributed by atoms with Gasteiger partial charge in [-0.05, 0) is 18.6 Å². The van der Waals surface area contributed by atoms with Crippen LogP contribution in [0.25, 0.3) is 0 Å². The van der Waals surface area contributed by atoms with Gasteiger partial charge in [0.1, 0.15) is 0 Å². The van der Waals surface area contributed by atoms with Crippen molar-refractivity contribution in [3.63, 3.8) is 0 Å². The smallest absolute Gasteiger partial charge is 0.387 e. The molecule has 172 valence electrons. The third kappa shape index (κ3) is 4.62. The zero-order valence-electron chi connectivity index (χ0n) is 16.4. The summed E-state index contributed by atoms with van der Waals surface area (Å²) in [6, 6.07) is 2.47. The number of halogens is 4. The van der Waals surface area contributed by atoms with E-state index in [-0.39, 0.29) is 70.0 Å². The third-order valence-corrected chi connectivity index (χ3v) is 7.65. The highest BCUT2D eigenvalue weighted by Crippen LogP contribution is 2.51. The molecule has 2 aromatic rings. The summed E-state index contributed by atoms with van der Waals surface area (Å²) in [4.78, 5) is 16.9. The van der Waals surface area contributed by atoms with Crippen LogP contribution in [0, 0.1) is 0 Å². The lowest BCUT2D eigenvalue weighted by molar-refractivity contribution is -0.0911. The van der Waals surface area contributed by atoms with Crippen molar-refractivity contribution in [3.05, 3.63) is 45.7 Å². The largest absolute Gasteiger partial charge is 0.447 e. The van der Waals surface area contributed by atoms with Gasteiger partial charge in [0.05, 0.1) is 27.1 Å². The van der Waals surface area contributed by atoms with Crippen molar-refractivity contribution in [2.45, 2.75) is 38.1 Å². The zero-order chi connectivity index (χ0) is 23.1. The second kappa shape index (κ2) is 8.64. The average molecular weight is 508 g/mol. The number of aromatic nitrogens is 1. The number of sulfone groups is 1. The van der Waals surface area contributed by atoms with Crippen LogP contribution in [0.5, 0.6) is 17.2 Å². The van der Waals surface area contributed by atoms with Crippen LogP contribution >= 0.6 is 23.2 Å². The lowest BCUT2D eigenvalue weighted by atomic mass is 10.0. The predicted molar refractivity (Wildman–Crippen MR) is 112 cm³/mol. The number of pyridine rings is 1. The second-order valence-corrected chi connectivity index (χ2v) is 10.6. The van der Waals surface area contributed by atoms with Gasteiger partial charge >= 0.3 is 6.61 Å². The Bertz CT molecular complexity index is 1160. The van der Waals surface area contributed by atoms with Gasteiger partial charge in [0, 0.05) is 37.2 Å². The summed E-state index contributed by atoms with van der Waals surface area (Å²) in [5.74, 6) is -2.64. The van der Waals surface area contributed by atoms with E-state index in [9.17, 15) is 22.0 Å². The van der Waals surface area contributed by atoms with Crippen LogP contribution in [0.4, 0.5) is 8.78 Å². The maximum atomic E-state index is 13.1. The summed E-state index contributed by atoms with van der Waals surface area (Å²) < 4.78 is 66.3. The Morgan fingerprint density at radius 3 is 2.50 bits per heavy atom. The SMILES string of the molecule is O=C(Cc1c(Cl)cncc1Cl)c1ccc(OC(F)F)c2c1OC1(CCCS(=O)(=O)CC1)O2. The number of carbonyl (C=O) groups is 1. The highest BCUT2D eigenvalue weighted by atomic mass is 35.5. The molecule has 32 heavy (non-hydrogen) atoms. The van der Waals surface area contributed by atoms with Gasteiger partial charge in [0.15, 0.2) is 27.1 Å². The normalized spacial score (nSPS) is 21.5. The van der Waals surface area contributed by atoms with Crippen molar-refractivity contribution in [3.8, 4) is 17.2 Å². The Kier molecular flexibility index (Phi) is 6.21. The Hall–Kier alpha value is -2.17. The second-order valence-electron chi connectivity index (χ2n) is 7.45. The number of ether oxygens (including phenoxy) is 3. The summed E-state index contributed by atoms with van der Waals surface area (Å²) in [7, 11) is -3.29. The number of hydrogen-bond acceptors (Lipinski definition) is 7. The van der Waals surface area contributed by atoms with Crippen molar-refractivity contribution in [2.75, 3.05) is 11.5 Å². The maximum absolute atomic E-state index is 13.1. The molecule has 0 amide bonds. The van der Waals surface area contributed by atoms with Gasteiger partial charge in [-0.2, -0.15) is 8.78 Å². The lowest BCUT2D eigenvalue weighted by Crippen LogP contribution is -2.39. The van der Waals surface area contributed by atoms with Crippen molar-refractivity contribution >= 4 is 38.8 Å². The highest BCUT2D eigenvalue weighted by Gasteiger charge is 2.47. The van der Waals surface area contributed by atoms with Gasteiger partial charge < -0.3 is 14.2 Å². The van der Waals surface area contributed by atoms with Gasteiger partial charge in [-0.1, -0.05) is 23.2 Å².